The van der Waals surface area contributed by atoms with Crippen LogP contribution in [0.2, 0.25) is 0 Å². The van der Waals surface area contributed by atoms with E-state index in [1.165, 1.54) is 49.3 Å². The van der Waals surface area contributed by atoms with Gasteiger partial charge >= 0.3 is 6.09 Å². The maximum atomic E-state index is 14.4. The Morgan fingerprint density at radius 2 is 1.55 bits per heavy atom. The van der Waals surface area contributed by atoms with Crippen LogP contribution in [0.5, 0.6) is 0 Å². The van der Waals surface area contributed by atoms with E-state index in [4.69, 9.17) is 14.2 Å². The predicted octanol–water partition coefficient (Wildman–Crippen LogP) is 4.68. The lowest BCUT2D eigenvalue weighted by atomic mass is 9.89. The van der Waals surface area contributed by atoms with Crippen molar-refractivity contribution in [1.29, 1.82) is 0 Å². The van der Waals surface area contributed by atoms with Crippen molar-refractivity contribution in [3.63, 3.8) is 0 Å². The fraction of sp³-hybridized carbons (Fsp3) is 0.619. The zero-order valence-corrected chi connectivity index (χ0v) is 36.3. The molecule has 1 aliphatic heterocycles. The van der Waals surface area contributed by atoms with Crippen LogP contribution in [0.15, 0.2) is 59.5 Å². The molecule has 0 bridgehead atoms. The third kappa shape index (κ3) is 12.0. The second-order valence-corrected chi connectivity index (χ2v) is 17.1. The summed E-state index contributed by atoms with van der Waals surface area (Å²) in [6, 6.07) is 12.1. The summed E-state index contributed by atoms with van der Waals surface area (Å²) in [6.07, 6.45) is -1.24. The number of benzene rings is 2. The summed E-state index contributed by atoms with van der Waals surface area (Å²) in [5.41, 5.74) is 0.755. The van der Waals surface area contributed by atoms with Crippen molar-refractivity contribution in [2.24, 2.45) is 17.8 Å². The van der Waals surface area contributed by atoms with E-state index in [1.807, 2.05) is 32.0 Å². The zero-order chi connectivity index (χ0) is 43.5. The van der Waals surface area contributed by atoms with Gasteiger partial charge in [0.25, 0.3) is 10.1 Å². The lowest BCUT2D eigenvalue weighted by Gasteiger charge is -2.42. The molecule has 1 fully saturated rings. The Bertz CT molecular complexity index is 1780. The van der Waals surface area contributed by atoms with Gasteiger partial charge in [0.2, 0.25) is 17.7 Å². The summed E-state index contributed by atoms with van der Waals surface area (Å²) in [5, 5.41) is 13.8. The minimum Gasteiger partial charge on any atom is -0.444 e. The number of nitrogens with zero attached hydrogens (tertiary/aromatic N) is 3. The van der Waals surface area contributed by atoms with Crippen molar-refractivity contribution < 1.29 is 51.5 Å². The molecular weight excluding hydrogens is 769 g/mol. The normalized spacial score (nSPS) is 18.6. The fourth-order valence-electron chi connectivity index (χ4n) is 8.02. The molecule has 16 heteroatoms. The van der Waals surface area contributed by atoms with Gasteiger partial charge in [-0.1, -0.05) is 89.6 Å². The Labute approximate surface area is 344 Å². The molecule has 58 heavy (non-hydrogen) atoms. The fourth-order valence-corrected chi connectivity index (χ4v) is 8.72. The van der Waals surface area contributed by atoms with Gasteiger partial charge in [0.1, 0.15) is 17.5 Å². The summed E-state index contributed by atoms with van der Waals surface area (Å²) in [4.78, 5) is 59.5. The first-order chi connectivity index (χ1) is 27.3. The van der Waals surface area contributed by atoms with Gasteiger partial charge in [0.05, 0.1) is 48.8 Å². The van der Waals surface area contributed by atoms with E-state index >= 15 is 0 Å². The smallest absolute Gasteiger partial charge is 0.410 e. The van der Waals surface area contributed by atoms with Crippen LogP contribution in [0.1, 0.15) is 84.5 Å². The average molecular weight is 833 g/mol. The number of amides is 4. The first kappa shape index (κ1) is 48.3. The lowest BCUT2D eigenvalue weighted by molar-refractivity contribution is -0.148. The topological polar surface area (TPSA) is 192 Å². The molecule has 1 aliphatic rings. The van der Waals surface area contributed by atoms with Crippen LogP contribution in [0.4, 0.5) is 4.79 Å². The molecule has 2 aromatic rings. The number of carbonyl (C=O) groups is 4. The number of ether oxygens (including phenoxy) is 3. The number of nitrogens with one attached hydrogen (secondary N) is 1. The predicted molar refractivity (Wildman–Crippen MR) is 218 cm³/mol. The van der Waals surface area contributed by atoms with Gasteiger partial charge in [-0.2, -0.15) is 8.42 Å². The molecule has 9 atom stereocenters. The molecule has 0 aliphatic carbocycles. The highest BCUT2D eigenvalue weighted by atomic mass is 32.2. The van der Waals surface area contributed by atoms with E-state index < -0.39 is 77.1 Å². The van der Waals surface area contributed by atoms with Crippen LogP contribution >= 0.6 is 0 Å². The molecule has 15 nitrogen and oxygen atoms in total. The largest absolute Gasteiger partial charge is 0.444 e. The van der Waals surface area contributed by atoms with Gasteiger partial charge in [-0.05, 0) is 43.2 Å². The first-order valence-electron chi connectivity index (χ1n) is 19.9. The minimum atomic E-state index is -4.57. The number of likely N-dealkylation sites (N-methyl/N-ethyl adjacent to an activating group) is 2. The number of hydrogen-bond donors (Lipinski definition) is 3. The van der Waals surface area contributed by atoms with Crippen LogP contribution in [0.3, 0.4) is 0 Å². The van der Waals surface area contributed by atoms with Crippen molar-refractivity contribution in [3.05, 3.63) is 65.7 Å². The number of aliphatic hydroxyl groups is 1. The van der Waals surface area contributed by atoms with Crippen LogP contribution in [-0.4, -0.2) is 128 Å². The number of aliphatic hydroxyl groups excluding tert-OH is 1. The zero-order valence-electron chi connectivity index (χ0n) is 35.5. The number of likely N-dealkylation sites (tertiary alicyclic amines) is 1. The maximum Gasteiger partial charge on any atom is 0.410 e. The van der Waals surface area contributed by atoms with Crippen LogP contribution < -0.4 is 5.32 Å². The Morgan fingerprint density at radius 1 is 0.931 bits per heavy atom. The van der Waals surface area contributed by atoms with Gasteiger partial charge in [-0.15, -0.1) is 0 Å². The number of carbonyl (C=O) groups excluding carboxylic acids is 4. The van der Waals surface area contributed by atoms with Crippen molar-refractivity contribution >= 4 is 33.9 Å². The molecule has 0 spiro atoms. The lowest BCUT2D eigenvalue weighted by Crippen LogP contribution is -2.58. The first-order valence-corrected chi connectivity index (χ1v) is 21.3. The van der Waals surface area contributed by atoms with E-state index in [-0.39, 0.29) is 40.5 Å². The molecule has 324 valence electrons. The summed E-state index contributed by atoms with van der Waals surface area (Å²) < 4.78 is 50.6. The maximum absolute atomic E-state index is 14.4. The third-order valence-electron chi connectivity index (χ3n) is 11.4. The van der Waals surface area contributed by atoms with E-state index in [0.717, 1.165) is 0 Å². The number of rotatable bonds is 20. The third-order valence-corrected chi connectivity index (χ3v) is 12.4. The van der Waals surface area contributed by atoms with E-state index in [1.54, 1.807) is 57.8 Å². The Balaban J connectivity index is 1.76. The van der Waals surface area contributed by atoms with Crippen molar-refractivity contribution in [2.45, 2.75) is 121 Å². The van der Waals surface area contributed by atoms with Crippen LogP contribution in [0, 0.1) is 17.8 Å². The minimum absolute atomic E-state index is 0.0612. The molecule has 0 saturated carbocycles. The summed E-state index contributed by atoms with van der Waals surface area (Å²) in [6.45, 7) is 11.0. The van der Waals surface area contributed by atoms with Gasteiger partial charge in [0.15, 0.2) is 0 Å². The van der Waals surface area contributed by atoms with Crippen LogP contribution in [0.25, 0.3) is 0 Å². The number of hydrogen-bond acceptors (Lipinski definition) is 10. The molecule has 3 rings (SSSR count). The van der Waals surface area contributed by atoms with Crippen molar-refractivity contribution in [1.82, 2.24) is 20.0 Å². The highest BCUT2D eigenvalue weighted by molar-refractivity contribution is 7.85. The van der Waals surface area contributed by atoms with Crippen molar-refractivity contribution in [2.75, 3.05) is 34.9 Å². The Morgan fingerprint density at radius 3 is 2.12 bits per heavy atom. The van der Waals surface area contributed by atoms with Gasteiger partial charge < -0.3 is 34.4 Å². The molecule has 0 unspecified atom stereocenters. The summed E-state index contributed by atoms with van der Waals surface area (Å²) in [7, 11) is 1.50. The Hall–Kier alpha value is -4.09. The van der Waals surface area contributed by atoms with E-state index in [2.05, 4.69) is 5.32 Å². The van der Waals surface area contributed by atoms with Gasteiger partial charge in [-0.3, -0.25) is 23.8 Å². The molecule has 2 aromatic carbocycles. The average Bonchev–Trinajstić information content (AvgIpc) is 3.68. The quantitative estimate of drug-likeness (QED) is 0.157. The Kier molecular flexibility index (Phi) is 18.1. The second kappa shape index (κ2) is 21.8. The molecule has 1 heterocycles. The molecular formula is C42H64N4O11S. The molecule has 4 amide bonds. The summed E-state index contributed by atoms with van der Waals surface area (Å²) in [5.74, 6) is -2.09. The monoisotopic (exact) mass is 832 g/mol. The van der Waals surface area contributed by atoms with Gasteiger partial charge in [-0.25, -0.2) is 4.79 Å². The molecule has 0 radical (unpaired) electrons. The highest BCUT2D eigenvalue weighted by Gasteiger charge is 2.43. The summed E-state index contributed by atoms with van der Waals surface area (Å²) >= 11 is 0. The number of methoxy groups -OCH3 is 2. The molecule has 1 saturated heterocycles. The SMILES string of the molecule is CC[C@H](C)[C@@H]([C@@H](CC(=O)N1CCC[C@H]1[C@H](OC)[C@@H](C)C(=O)N[C@H](C)[C@@H](O)c1ccccc1)OC)N(C)C(=O)[C@H](C(C)C)N(C)C(=O)OCc1ccccc1S(=O)(=O)O. The highest BCUT2D eigenvalue weighted by Crippen LogP contribution is 2.30. The second-order valence-electron chi connectivity index (χ2n) is 15.7. The van der Waals surface area contributed by atoms with Crippen LogP contribution in [-0.2, 0) is 45.3 Å². The molecule has 3 N–H and O–H groups in total. The van der Waals surface area contributed by atoms with E-state index in [9.17, 15) is 37.3 Å². The molecule has 0 aromatic heterocycles. The van der Waals surface area contributed by atoms with E-state index in [0.29, 0.717) is 31.4 Å². The van der Waals surface area contributed by atoms with Crippen molar-refractivity contribution in [3.8, 4) is 0 Å². The van der Waals surface area contributed by atoms with Gasteiger partial charge in [0, 0.05) is 40.4 Å². The standard InChI is InChI=1S/C42H64N4O11S/c1-11-27(4)37(44(7)41(50)36(26(2)3)45(8)42(51)57-25-31-20-15-16-22-34(31)58(52,53)54)33(55-9)24-35(47)46-23-17-21-32(46)39(56-10)28(5)40(49)43-29(6)38(48)30-18-13-12-14-19-30/h12-16,18-20,22,26-29,32-33,36-39,48H,11,17,21,23-25H2,1-10H3,(H,43,49)(H,52,53,54)/t27-,28+,29+,32-,33+,36-,37-,38+,39+/m0/s1.